The Morgan fingerprint density at radius 2 is 1.91 bits per heavy atom. The molecule has 2 heterocycles. The lowest BCUT2D eigenvalue weighted by Crippen LogP contribution is -2.45. The number of nitrogens with two attached hydrogens (primary N) is 2. The van der Waals surface area contributed by atoms with Crippen LogP contribution in [0, 0.1) is 17.2 Å². The van der Waals surface area contributed by atoms with Gasteiger partial charge in [-0.25, -0.2) is 13.6 Å². The lowest BCUT2D eigenvalue weighted by Gasteiger charge is -2.40. The number of hydrogen-bond acceptors (Lipinski definition) is 5. The molecule has 0 saturated carbocycles. The summed E-state index contributed by atoms with van der Waals surface area (Å²) in [6.07, 6.45) is 4.12. The molecule has 0 aliphatic carbocycles. The topological polar surface area (TPSA) is 113 Å². The van der Waals surface area contributed by atoms with Gasteiger partial charge in [0.25, 0.3) is 0 Å². The fourth-order valence-corrected chi connectivity index (χ4v) is 4.66. The average Bonchev–Trinajstić information content (AvgIpc) is 2.75. The van der Waals surface area contributed by atoms with Gasteiger partial charge >= 0.3 is 0 Å². The van der Waals surface area contributed by atoms with E-state index in [2.05, 4.69) is 4.90 Å². The molecular formula is C15H20N4O2S. The van der Waals surface area contributed by atoms with Crippen molar-refractivity contribution in [3.05, 3.63) is 23.8 Å². The Labute approximate surface area is 130 Å². The molecule has 1 aromatic carbocycles. The van der Waals surface area contributed by atoms with Crippen LogP contribution in [0.4, 0.5) is 5.69 Å². The molecule has 118 valence electrons. The lowest BCUT2D eigenvalue weighted by atomic mass is 9.90. The lowest BCUT2D eigenvalue weighted by molar-refractivity contribution is 0.346. The summed E-state index contributed by atoms with van der Waals surface area (Å²) < 4.78 is 23.4. The molecule has 22 heavy (non-hydrogen) atoms. The number of piperidine rings is 1. The predicted molar refractivity (Wildman–Crippen MR) is 83.6 cm³/mol. The highest BCUT2D eigenvalue weighted by atomic mass is 32.2. The van der Waals surface area contributed by atoms with Crippen LogP contribution >= 0.6 is 0 Å². The minimum atomic E-state index is -3.91. The van der Waals surface area contributed by atoms with Crippen molar-refractivity contribution in [2.45, 2.75) is 42.7 Å². The maximum atomic E-state index is 11.7. The number of benzene rings is 1. The fraction of sp³-hybridized carbons (Fsp3) is 0.533. The molecule has 3 atom stereocenters. The number of hydrogen-bond donors (Lipinski definition) is 2. The number of primary sulfonamides is 1. The second-order valence-electron chi connectivity index (χ2n) is 6.17. The number of rotatable bonds is 3. The molecule has 2 aliphatic rings. The summed E-state index contributed by atoms with van der Waals surface area (Å²) in [5.74, 6) is 0.515. The summed E-state index contributed by atoms with van der Waals surface area (Å²) in [5, 5.41) is 14.7. The maximum absolute atomic E-state index is 11.7. The molecule has 4 N–H and O–H groups in total. The van der Waals surface area contributed by atoms with Crippen molar-refractivity contribution in [2.24, 2.45) is 16.8 Å². The average molecular weight is 320 g/mol. The smallest absolute Gasteiger partial charge is 0.239 e. The van der Waals surface area contributed by atoms with Crippen molar-refractivity contribution in [1.82, 2.24) is 0 Å². The van der Waals surface area contributed by atoms with E-state index in [1.807, 2.05) is 12.1 Å². The standard InChI is InChI=1S/C15H20N4O2S/c16-8-10-6-11-4-5-12(7-10)19(11)14-2-1-3-15(13(14)9-17)22(18,20)21/h1-3,10-12H,4-8,16H2,(H2,18,20,21)/t10?,11-,12+. The second kappa shape index (κ2) is 5.54. The van der Waals surface area contributed by atoms with E-state index in [9.17, 15) is 13.7 Å². The molecular weight excluding hydrogens is 300 g/mol. The van der Waals surface area contributed by atoms with Gasteiger partial charge in [-0.15, -0.1) is 0 Å². The zero-order valence-corrected chi connectivity index (χ0v) is 13.1. The van der Waals surface area contributed by atoms with Crippen molar-refractivity contribution < 1.29 is 8.42 Å². The largest absolute Gasteiger partial charge is 0.364 e. The van der Waals surface area contributed by atoms with Crippen LogP contribution in [0.3, 0.4) is 0 Å². The van der Waals surface area contributed by atoms with E-state index in [0.717, 1.165) is 25.7 Å². The molecule has 3 rings (SSSR count). The minimum absolute atomic E-state index is 0.0900. The minimum Gasteiger partial charge on any atom is -0.364 e. The van der Waals surface area contributed by atoms with Gasteiger partial charge in [-0.3, -0.25) is 0 Å². The fourth-order valence-electron chi connectivity index (χ4n) is 3.96. The van der Waals surface area contributed by atoms with Crippen LogP contribution in [-0.2, 0) is 10.0 Å². The third kappa shape index (κ3) is 2.47. The van der Waals surface area contributed by atoms with Crippen molar-refractivity contribution in [3.8, 4) is 6.07 Å². The molecule has 2 saturated heterocycles. The Morgan fingerprint density at radius 1 is 1.27 bits per heavy atom. The zero-order chi connectivity index (χ0) is 15.9. The van der Waals surface area contributed by atoms with E-state index in [4.69, 9.17) is 10.9 Å². The van der Waals surface area contributed by atoms with E-state index in [1.54, 1.807) is 6.07 Å². The van der Waals surface area contributed by atoms with Gasteiger partial charge in [0.2, 0.25) is 10.0 Å². The van der Waals surface area contributed by atoms with Gasteiger partial charge in [-0.2, -0.15) is 5.26 Å². The summed E-state index contributed by atoms with van der Waals surface area (Å²) >= 11 is 0. The van der Waals surface area contributed by atoms with E-state index in [-0.39, 0.29) is 10.5 Å². The third-order valence-corrected chi connectivity index (χ3v) is 5.82. The molecule has 1 unspecified atom stereocenters. The van der Waals surface area contributed by atoms with Gasteiger partial charge in [-0.1, -0.05) is 6.07 Å². The van der Waals surface area contributed by atoms with Gasteiger partial charge in [-0.05, 0) is 50.3 Å². The monoisotopic (exact) mass is 320 g/mol. The van der Waals surface area contributed by atoms with Crippen molar-refractivity contribution in [1.29, 1.82) is 5.26 Å². The maximum Gasteiger partial charge on any atom is 0.239 e. The van der Waals surface area contributed by atoms with E-state index >= 15 is 0 Å². The Bertz CT molecular complexity index is 712. The Kier molecular flexibility index (Phi) is 3.85. The third-order valence-electron chi connectivity index (χ3n) is 4.86. The first-order valence-corrected chi connectivity index (χ1v) is 9.04. The van der Waals surface area contributed by atoms with Gasteiger partial charge in [0.05, 0.1) is 11.3 Å². The highest BCUT2D eigenvalue weighted by Crippen LogP contribution is 2.43. The first-order valence-electron chi connectivity index (χ1n) is 7.50. The Balaban J connectivity index is 2.06. The first-order chi connectivity index (χ1) is 10.5. The number of anilines is 1. The molecule has 0 aromatic heterocycles. The summed E-state index contributed by atoms with van der Waals surface area (Å²) in [6, 6.07) is 7.57. The number of nitriles is 1. The second-order valence-corrected chi connectivity index (χ2v) is 7.70. The SMILES string of the molecule is N#Cc1c(N2[C@@H]3CC[C@H]2CC(CN)C3)cccc1S(N)(=O)=O. The summed E-state index contributed by atoms with van der Waals surface area (Å²) in [5.41, 5.74) is 6.66. The highest BCUT2D eigenvalue weighted by Gasteiger charge is 2.41. The van der Waals surface area contributed by atoms with Crippen LogP contribution in [0.2, 0.25) is 0 Å². The summed E-state index contributed by atoms with van der Waals surface area (Å²) in [7, 11) is -3.91. The van der Waals surface area contributed by atoms with Gasteiger partial charge < -0.3 is 10.6 Å². The van der Waals surface area contributed by atoms with Crippen LogP contribution in [-0.4, -0.2) is 27.0 Å². The number of fused-ring (bicyclic) bond motifs is 2. The summed E-state index contributed by atoms with van der Waals surface area (Å²) in [4.78, 5) is 2.13. The number of nitrogens with zero attached hydrogens (tertiary/aromatic N) is 2. The van der Waals surface area contributed by atoms with Gasteiger partial charge in [0.15, 0.2) is 0 Å². The van der Waals surface area contributed by atoms with Crippen LogP contribution in [0.15, 0.2) is 23.1 Å². The van der Waals surface area contributed by atoms with E-state index < -0.39 is 10.0 Å². The molecule has 2 bridgehead atoms. The quantitative estimate of drug-likeness (QED) is 0.859. The van der Waals surface area contributed by atoms with Crippen LogP contribution in [0.1, 0.15) is 31.2 Å². The molecule has 0 spiro atoms. The normalized spacial score (nSPS) is 27.7. The molecule has 0 radical (unpaired) electrons. The van der Waals surface area contributed by atoms with Crippen molar-refractivity contribution >= 4 is 15.7 Å². The van der Waals surface area contributed by atoms with Crippen LogP contribution < -0.4 is 15.8 Å². The van der Waals surface area contributed by atoms with E-state index in [1.165, 1.54) is 6.07 Å². The molecule has 6 nitrogen and oxygen atoms in total. The van der Waals surface area contributed by atoms with Crippen molar-refractivity contribution in [2.75, 3.05) is 11.4 Å². The van der Waals surface area contributed by atoms with Gasteiger partial charge in [0, 0.05) is 12.1 Å². The molecule has 1 aromatic rings. The molecule has 2 aliphatic heterocycles. The molecule has 0 amide bonds. The van der Waals surface area contributed by atoms with Crippen LogP contribution in [0.25, 0.3) is 0 Å². The molecule has 7 heteroatoms. The summed E-state index contributed by atoms with van der Waals surface area (Å²) in [6.45, 7) is 0.684. The van der Waals surface area contributed by atoms with E-state index in [0.29, 0.717) is 30.2 Å². The number of sulfonamides is 1. The Hall–Kier alpha value is -1.62. The van der Waals surface area contributed by atoms with Crippen LogP contribution in [0.5, 0.6) is 0 Å². The van der Waals surface area contributed by atoms with Crippen molar-refractivity contribution in [3.63, 3.8) is 0 Å². The molecule has 2 fully saturated rings. The predicted octanol–water partition coefficient (Wildman–Crippen LogP) is 0.912. The van der Waals surface area contributed by atoms with Gasteiger partial charge in [0.1, 0.15) is 11.0 Å². The highest BCUT2D eigenvalue weighted by molar-refractivity contribution is 7.89. The zero-order valence-electron chi connectivity index (χ0n) is 12.3. The first kappa shape index (κ1) is 15.3. The Morgan fingerprint density at radius 3 is 2.41 bits per heavy atom.